The summed E-state index contributed by atoms with van der Waals surface area (Å²) in [5, 5.41) is 3.75. The van der Waals surface area contributed by atoms with Gasteiger partial charge in [0.25, 0.3) is 0 Å². The molecule has 0 bridgehead atoms. The summed E-state index contributed by atoms with van der Waals surface area (Å²) < 4.78 is 0. The maximum atomic E-state index is 4.08. The maximum absolute atomic E-state index is 4.08. The van der Waals surface area contributed by atoms with Gasteiger partial charge in [-0.15, -0.1) is 0 Å². The fraction of sp³-hybridized carbons (Fsp3) is 0.667. The molecule has 2 aliphatic rings. The van der Waals surface area contributed by atoms with Gasteiger partial charge in [-0.1, -0.05) is 6.92 Å². The van der Waals surface area contributed by atoms with Gasteiger partial charge in [-0.3, -0.25) is 4.98 Å². The molecule has 0 aromatic carbocycles. The molecule has 3 rings (SSSR count). The van der Waals surface area contributed by atoms with Gasteiger partial charge < -0.3 is 10.2 Å². The van der Waals surface area contributed by atoms with Gasteiger partial charge in [0.2, 0.25) is 0 Å². The average Bonchev–Trinajstić information content (AvgIpc) is 3.14. The second-order valence-electron chi connectivity index (χ2n) is 5.85. The third-order valence-electron chi connectivity index (χ3n) is 4.47. The summed E-state index contributed by atoms with van der Waals surface area (Å²) in [6.07, 6.45) is 7.73. The van der Waals surface area contributed by atoms with E-state index >= 15 is 0 Å². The van der Waals surface area contributed by atoms with Crippen LogP contribution in [-0.2, 0) is 0 Å². The molecule has 1 aliphatic heterocycles. The Morgan fingerprint density at radius 1 is 1.28 bits per heavy atom. The normalized spacial score (nSPS) is 28.4. The molecule has 2 fully saturated rings. The first-order valence-electron chi connectivity index (χ1n) is 7.21. The zero-order valence-corrected chi connectivity index (χ0v) is 11.2. The Kier molecular flexibility index (Phi) is 3.50. The van der Waals surface area contributed by atoms with Crippen LogP contribution in [0, 0.1) is 11.8 Å². The van der Waals surface area contributed by atoms with Crippen LogP contribution in [0.25, 0.3) is 0 Å². The van der Waals surface area contributed by atoms with Crippen molar-refractivity contribution < 1.29 is 0 Å². The Bertz CT molecular complexity index is 371. The predicted octanol–water partition coefficient (Wildman–Crippen LogP) is 2.30. The number of piperidine rings is 1. The molecule has 3 nitrogen and oxygen atoms in total. The van der Waals surface area contributed by atoms with Crippen molar-refractivity contribution in [1.82, 2.24) is 10.3 Å². The Morgan fingerprint density at radius 3 is 2.56 bits per heavy atom. The zero-order valence-electron chi connectivity index (χ0n) is 11.2. The third kappa shape index (κ3) is 2.83. The molecule has 2 heterocycles. The molecule has 3 heteroatoms. The molecule has 18 heavy (non-hydrogen) atoms. The SMILES string of the molecule is CC1CC1CNC1CCN(c2ccncc2)CC1. The molecule has 1 aliphatic carbocycles. The van der Waals surface area contributed by atoms with Crippen LogP contribution in [0.1, 0.15) is 26.2 Å². The number of anilines is 1. The highest BCUT2D eigenvalue weighted by Crippen LogP contribution is 2.37. The summed E-state index contributed by atoms with van der Waals surface area (Å²) in [6.45, 7) is 5.93. The van der Waals surface area contributed by atoms with E-state index in [2.05, 4.69) is 34.3 Å². The van der Waals surface area contributed by atoms with Crippen LogP contribution in [0.3, 0.4) is 0 Å². The van der Waals surface area contributed by atoms with Crippen LogP contribution in [0.15, 0.2) is 24.5 Å². The minimum absolute atomic E-state index is 0.732. The van der Waals surface area contributed by atoms with Crippen molar-refractivity contribution in [2.75, 3.05) is 24.5 Å². The lowest BCUT2D eigenvalue weighted by atomic mass is 10.0. The Balaban J connectivity index is 1.43. The minimum Gasteiger partial charge on any atom is -0.371 e. The molecule has 1 N–H and O–H groups in total. The van der Waals surface area contributed by atoms with Crippen molar-refractivity contribution in [3.8, 4) is 0 Å². The monoisotopic (exact) mass is 245 g/mol. The molecular weight excluding hydrogens is 222 g/mol. The van der Waals surface area contributed by atoms with Crippen LogP contribution in [-0.4, -0.2) is 30.7 Å². The van der Waals surface area contributed by atoms with Gasteiger partial charge in [0.15, 0.2) is 0 Å². The number of rotatable bonds is 4. The van der Waals surface area contributed by atoms with E-state index < -0.39 is 0 Å². The van der Waals surface area contributed by atoms with Gasteiger partial charge in [0, 0.05) is 37.2 Å². The smallest absolute Gasteiger partial charge is 0.0397 e. The molecule has 0 spiro atoms. The van der Waals surface area contributed by atoms with Crippen LogP contribution < -0.4 is 10.2 Å². The lowest BCUT2D eigenvalue weighted by Crippen LogP contribution is -2.43. The Morgan fingerprint density at radius 2 is 1.94 bits per heavy atom. The van der Waals surface area contributed by atoms with E-state index in [1.165, 1.54) is 44.6 Å². The summed E-state index contributed by atoms with van der Waals surface area (Å²) in [5.74, 6) is 1.93. The second-order valence-corrected chi connectivity index (χ2v) is 5.85. The van der Waals surface area contributed by atoms with Crippen molar-refractivity contribution >= 4 is 5.69 Å². The first-order chi connectivity index (χ1) is 8.83. The van der Waals surface area contributed by atoms with Crippen LogP contribution in [0.4, 0.5) is 5.69 Å². The summed E-state index contributed by atoms with van der Waals surface area (Å²) in [5.41, 5.74) is 1.32. The number of hydrogen-bond acceptors (Lipinski definition) is 3. The molecule has 1 saturated heterocycles. The van der Waals surface area contributed by atoms with E-state index in [0.717, 1.165) is 17.9 Å². The fourth-order valence-corrected chi connectivity index (χ4v) is 2.90. The van der Waals surface area contributed by atoms with Gasteiger partial charge in [0.05, 0.1) is 0 Å². The van der Waals surface area contributed by atoms with E-state index in [9.17, 15) is 0 Å². The highest BCUT2D eigenvalue weighted by Gasteiger charge is 2.32. The van der Waals surface area contributed by atoms with Crippen molar-refractivity contribution in [3.05, 3.63) is 24.5 Å². The molecule has 1 aromatic rings. The molecule has 98 valence electrons. The van der Waals surface area contributed by atoms with Crippen molar-refractivity contribution in [2.24, 2.45) is 11.8 Å². The topological polar surface area (TPSA) is 28.2 Å². The van der Waals surface area contributed by atoms with Crippen LogP contribution in [0.5, 0.6) is 0 Å². The summed E-state index contributed by atoms with van der Waals surface area (Å²) in [6, 6.07) is 4.95. The summed E-state index contributed by atoms with van der Waals surface area (Å²) in [7, 11) is 0. The standard InChI is InChI=1S/C15H23N3/c1-12-10-13(12)11-17-14-4-8-18(9-5-14)15-2-6-16-7-3-15/h2-3,6-7,12-14,17H,4-5,8-11H2,1H3. The van der Waals surface area contributed by atoms with Crippen LogP contribution >= 0.6 is 0 Å². The quantitative estimate of drug-likeness (QED) is 0.882. The lowest BCUT2D eigenvalue weighted by Gasteiger charge is -2.34. The number of pyridine rings is 1. The van der Waals surface area contributed by atoms with Crippen LogP contribution in [0.2, 0.25) is 0 Å². The highest BCUT2D eigenvalue weighted by molar-refractivity contribution is 5.44. The van der Waals surface area contributed by atoms with E-state index in [0.29, 0.717) is 0 Å². The van der Waals surface area contributed by atoms with Gasteiger partial charge in [-0.2, -0.15) is 0 Å². The molecule has 1 aromatic heterocycles. The molecule has 2 unspecified atom stereocenters. The van der Waals surface area contributed by atoms with Gasteiger partial charge in [-0.25, -0.2) is 0 Å². The Hall–Kier alpha value is -1.09. The van der Waals surface area contributed by atoms with E-state index in [1.807, 2.05) is 12.4 Å². The highest BCUT2D eigenvalue weighted by atomic mass is 15.1. The predicted molar refractivity (Wildman–Crippen MR) is 74.7 cm³/mol. The number of aromatic nitrogens is 1. The number of hydrogen-bond donors (Lipinski definition) is 1. The van der Waals surface area contributed by atoms with Gasteiger partial charge in [0.1, 0.15) is 0 Å². The number of nitrogens with zero attached hydrogens (tertiary/aromatic N) is 2. The van der Waals surface area contributed by atoms with Crippen molar-refractivity contribution in [2.45, 2.75) is 32.2 Å². The lowest BCUT2D eigenvalue weighted by molar-refractivity contribution is 0.405. The Labute approximate surface area is 110 Å². The summed E-state index contributed by atoms with van der Waals surface area (Å²) >= 11 is 0. The van der Waals surface area contributed by atoms with Gasteiger partial charge in [-0.05, 0) is 49.8 Å². The molecule has 2 atom stereocenters. The van der Waals surface area contributed by atoms with E-state index in [4.69, 9.17) is 0 Å². The third-order valence-corrected chi connectivity index (χ3v) is 4.47. The molecule has 0 radical (unpaired) electrons. The average molecular weight is 245 g/mol. The maximum Gasteiger partial charge on any atom is 0.0397 e. The first kappa shape index (κ1) is 12.0. The fourth-order valence-electron chi connectivity index (χ4n) is 2.90. The number of nitrogens with one attached hydrogen (secondary N) is 1. The largest absolute Gasteiger partial charge is 0.371 e. The summed E-state index contributed by atoms with van der Waals surface area (Å²) in [4.78, 5) is 6.55. The van der Waals surface area contributed by atoms with Crippen molar-refractivity contribution in [3.63, 3.8) is 0 Å². The van der Waals surface area contributed by atoms with E-state index in [1.54, 1.807) is 0 Å². The molecule has 0 amide bonds. The second kappa shape index (κ2) is 5.27. The van der Waals surface area contributed by atoms with E-state index in [-0.39, 0.29) is 0 Å². The zero-order chi connectivity index (χ0) is 12.4. The molecule has 1 saturated carbocycles. The van der Waals surface area contributed by atoms with Gasteiger partial charge >= 0.3 is 0 Å². The first-order valence-corrected chi connectivity index (χ1v) is 7.21. The minimum atomic E-state index is 0.732. The van der Waals surface area contributed by atoms with Crippen molar-refractivity contribution in [1.29, 1.82) is 0 Å². The molecular formula is C15H23N3.